The van der Waals surface area contributed by atoms with Crippen molar-refractivity contribution in [3.8, 4) is 0 Å². The van der Waals surface area contributed by atoms with Gasteiger partial charge in [0, 0.05) is 7.05 Å². The maximum atomic E-state index is 5.46. The van der Waals surface area contributed by atoms with E-state index in [1.54, 1.807) is 0 Å². The van der Waals surface area contributed by atoms with E-state index in [0.717, 1.165) is 5.92 Å². The van der Waals surface area contributed by atoms with Crippen molar-refractivity contribution >= 4 is 0 Å². The maximum absolute atomic E-state index is 5.46. The molecule has 96 valence electrons. The lowest BCUT2D eigenvalue weighted by Gasteiger charge is -2.18. The summed E-state index contributed by atoms with van der Waals surface area (Å²) >= 11 is 0. The molecule has 0 amide bonds. The summed E-state index contributed by atoms with van der Waals surface area (Å²) in [6.07, 6.45) is 12.7. The Hall–Kier alpha value is -0.920. The normalized spacial score (nSPS) is 24.9. The third-order valence-corrected chi connectivity index (χ3v) is 3.86. The number of rotatable bonds is 6. The molecule has 0 aromatic carbocycles. The molecule has 0 spiro atoms. The van der Waals surface area contributed by atoms with Crippen molar-refractivity contribution < 1.29 is 4.74 Å². The Kier molecular flexibility index (Phi) is 4.14. The quantitative estimate of drug-likeness (QED) is 0.644. The van der Waals surface area contributed by atoms with Crippen LogP contribution in [0.15, 0.2) is 23.6 Å². The molecule has 2 aliphatic rings. The van der Waals surface area contributed by atoms with Gasteiger partial charge in [0.05, 0.1) is 5.70 Å². The summed E-state index contributed by atoms with van der Waals surface area (Å²) in [6.45, 7) is 4.30. The molecule has 0 saturated heterocycles. The first-order chi connectivity index (χ1) is 8.16. The fourth-order valence-corrected chi connectivity index (χ4v) is 2.26. The largest absolute Gasteiger partial charge is 0.476 e. The van der Waals surface area contributed by atoms with Crippen molar-refractivity contribution in [3.05, 3.63) is 23.6 Å². The third-order valence-electron chi connectivity index (χ3n) is 3.86. The number of hydrogen-bond donors (Lipinski definition) is 0. The number of hydrogen-bond acceptors (Lipinski definition) is 2. The van der Waals surface area contributed by atoms with Crippen molar-refractivity contribution in [2.24, 2.45) is 5.92 Å². The molecule has 1 fully saturated rings. The van der Waals surface area contributed by atoms with E-state index in [-0.39, 0.29) is 6.23 Å². The highest BCUT2D eigenvalue weighted by Crippen LogP contribution is 2.34. The lowest BCUT2D eigenvalue weighted by molar-refractivity contribution is 0.0882. The van der Waals surface area contributed by atoms with Gasteiger partial charge in [-0.25, -0.2) is 0 Å². The van der Waals surface area contributed by atoms with Gasteiger partial charge in [-0.05, 0) is 38.7 Å². The summed E-state index contributed by atoms with van der Waals surface area (Å²) in [5.41, 5.74) is 2.67. The van der Waals surface area contributed by atoms with Crippen LogP contribution in [-0.2, 0) is 4.74 Å². The van der Waals surface area contributed by atoms with E-state index >= 15 is 0 Å². The fraction of sp³-hybridized carbons (Fsp3) is 0.733. The molecule has 0 bridgehead atoms. The van der Waals surface area contributed by atoms with Crippen LogP contribution in [0.25, 0.3) is 0 Å². The minimum absolute atomic E-state index is 0.184. The van der Waals surface area contributed by atoms with Crippen LogP contribution in [0, 0.1) is 5.92 Å². The molecule has 2 rings (SSSR count). The van der Waals surface area contributed by atoms with Gasteiger partial charge >= 0.3 is 0 Å². The van der Waals surface area contributed by atoms with Crippen LogP contribution in [0.1, 0.15) is 52.4 Å². The van der Waals surface area contributed by atoms with Crippen molar-refractivity contribution in [2.45, 2.75) is 58.6 Å². The zero-order chi connectivity index (χ0) is 12.3. The molecule has 1 heterocycles. The molecule has 1 unspecified atom stereocenters. The van der Waals surface area contributed by atoms with Gasteiger partial charge in [-0.3, -0.25) is 0 Å². The van der Waals surface area contributed by atoms with Gasteiger partial charge in [0.2, 0.25) is 0 Å². The summed E-state index contributed by atoms with van der Waals surface area (Å²) in [5.74, 6) is 1.08. The van der Waals surface area contributed by atoms with Crippen LogP contribution in [0.2, 0.25) is 0 Å². The number of ether oxygens (including phenoxy) is 1. The Labute approximate surface area is 105 Å². The summed E-state index contributed by atoms with van der Waals surface area (Å²) in [7, 11) is 2.08. The lowest BCUT2D eigenvalue weighted by atomic mass is 10.1. The average Bonchev–Trinajstić information content (AvgIpc) is 3.07. The minimum atomic E-state index is 0.184. The van der Waals surface area contributed by atoms with E-state index in [9.17, 15) is 0 Å². The molecule has 2 nitrogen and oxygen atoms in total. The maximum Gasteiger partial charge on any atom is 0.168 e. The first-order valence-corrected chi connectivity index (χ1v) is 6.92. The zero-order valence-electron chi connectivity index (χ0n) is 11.4. The van der Waals surface area contributed by atoms with Crippen LogP contribution in [0.5, 0.6) is 0 Å². The van der Waals surface area contributed by atoms with Crippen molar-refractivity contribution in [1.82, 2.24) is 4.90 Å². The predicted molar refractivity (Wildman–Crippen MR) is 71.3 cm³/mol. The molecule has 1 aliphatic carbocycles. The fourth-order valence-electron chi connectivity index (χ4n) is 2.26. The second kappa shape index (κ2) is 5.61. The molecule has 1 atom stereocenters. The highest BCUT2D eigenvalue weighted by atomic mass is 16.5. The molecule has 2 heteroatoms. The lowest BCUT2D eigenvalue weighted by Crippen LogP contribution is -2.22. The van der Waals surface area contributed by atoms with Crippen LogP contribution in [0.4, 0.5) is 0 Å². The molecule has 17 heavy (non-hydrogen) atoms. The number of unbranched alkanes of at least 4 members (excludes halogenated alkanes) is 1. The van der Waals surface area contributed by atoms with Gasteiger partial charge in [0.15, 0.2) is 6.23 Å². The van der Waals surface area contributed by atoms with E-state index in [4.69, 9.17) is 4.74 Å². The van der Waals surface area contributed by atoms with E-state index in [0.29, 0.717) is 0 Å². The predicted octanol–water partition coefficient (Wildman–Crippen LogP) is 4.05. The molecule has 0 N–H and O–H groups in total. The monoisotopic (exact) mass is 235 g/mol. The number of allylic oxidation sites excluding steroid dienone is 2. The second-order valence-corrected chi connectivity index (χ2v) is 5.57. The van der Waals surface area contributed by atoms with Crippen LogP contribution < -0.4 is 0 Å². The van der Waals surface area contributed by atoms with Gasteiger partial charge in [-0.2, -0.15) is 0 Å². The highest BCUT2D eigenvalue weighted by Gasteiger charge is 2.20. The Morgan fingerprint density at radius 2 is 2.24 bits per heavy atom. The van der Waals surface area contributed by atoms with Crippen molar-refractivity contribution in [2.75, 3.05) is 7.05 Å². The van der Waals surface area contributed by atoms with Gasteiger partial charge in [0.1, 0.15) is 6.26 Å². The summed E-state index contributed by atoms with van der Waals surface area (Å²) in [5, 5.41) is 0. The first kappa shape index (κ1) is 12.5. The standard InChI is InChI=1S/C15H25NO/c1-12(6-4-5-7-14-8-9-14)10-15-11-17-13(2)16(15)3/h10-11,13-14H,4-9H2,1-3H3/b12-10+. The number of nitrogens with zero attached hydrogens (tertiary/aromatic N) is 1. The van der Waals surface area contributed by atoms with Crippen LogP contribution in [-0.4, -0.2) is 18.2 Å². The first-order valence-electron chi connectivity index (χ1n) is 6.92. The SMILES string of the molecule is C/C(=C\C1=COC(C)N1C)CCCCC1CC1. The van der Waals surface area contributed by atoms with E-state index in [1.165, 1.54) is 49.8 Å². The Balaban J connectivity index is 1.68. The molecular formula is C15H25NO. The van der Waals surface area contributed by atoms with Crippen molar-refractivity contribution in [1.29, 1.82) is 0 Å². The zero-order valence-corrected chi connectivity index (χ0v) is 11.4. The molecule has 0 aromatic rings. The molecular weight excluding hydrogens is 210 g/mol. The summed E-state index contributed by atoms with van der Waals surface area (Å²) < 4.78 is 5.46. The molecule has 1 aliphatic heterocycles. The van der Waals surface area contributed by atoms with Gasteiger partial charge in [-0.15, -0.1) is 0 Å². The number of likely N-dealkylation sites (N-methyl/N-ethyl adjacent to an activating group) is 1. The third kappa shape index (κ3) is 3.79. The van der Waals surface area contributed by atoms with Gasteiger partial charge in [-0.1, -0.05) is 31.3 Å². The molecule has 0 radical (unpaired) electrons. The minimum Gasteiger partial charge on any atom is -0.476 e. The van der Waals surface area contributed by atoms with Crippen LogP contribution >= 0.6 is 0 Å². The van der Waals surface area contributed by atoms with E-state index in [2.05, 4.69) is 31.9 Å². The average molecular weight is 235 g/mol. The van der Waals surface area contributed by atoms with Crippen molar-refractivity contribution in [3.63, 3.8) is 0 Å². The highest BCUT2D eigenvalue weighted by molar-refractivity contribution is 5.22. The molecule has 0 aromatic heterocycles. The van der Waals surface area contributed by atoms with Gasteiger partial charge < -0.3 is 9.64 Å². The topological polar surface area (TPSA) is 12.5 Å². The smallest absolute Gasteiger partial charge is 0.168 e. The van der Waals surface area contributed by atoms with E-state index in [1.807, 2.05) is 6.26 Å². The Morgan fingerprint density at radius 3 is 2.82 bits per heavy atom. The van der Waals surface area contributed by atoms with Gasteiger partial charge in [0.25, 0.3) is 0 Å². The molecule has 1 saturated carbocycles. The Bertz CT molecular complexity index is 315. The Morgan fingerprint density at radius 1 is 1.47 bits per heavy atom. The summed E-state index contributed by atoms with van der Waals surface area (Å²) in [6, 6.07) is 0. The van der Waals surface area contributed by atoms with Crippen LogP contribution in [0.3, 0.4) is 0 Å². The van der Waals surface area contributed by atoms with E-state index < -0.39 is 0 Å². The second-order valence-electron chi connectivity index (χ2n) is 5.57. The summed E-state index contributed by atoms with van der Waals surface area (Å²) in [4.78, 5) is 2.17.